The van der Waals surface area contributed by atoms with E-state index in [1.807, 2.05) is 13.0 Å². The number of thioether (sulfide) groups is 1. The molecule has 0 aromatic heterocycles. The Labute approximate surface area is 238 Å². The van der Waals surface area contributed by atoms with E-state index in [2.05, 4.69) is 22.6 Å². The smallest absolute Gasteiger partial charge is 0.335 e. The van der Waals surface area contributed by atoms with Crippen molar-refractivity contribution in [3.8, 4) is 11.5 Å². The van der Waals surface area contributed by atoms with E-state index in [0.717, 1.165) is 45.1 Å². The van der Waals surface area contributed by atoms with Crippen molar-refractivity contribution in [2.24, 2.45) is 0 Å². The van der Waals surface area contributed by atoms with Gasteiger partial charge in [-0.05, 0) is 102 Å². The van der Waals surface area contributed by atoms with Gasteiger partial charge in [-0.25, -0.2) is 4.79 Å². The number of carbonyl (C=O) groups is 4. The number of carbonyl (C=O) groups excluding carboxylic acids is 3. The minimum atomic E-state index is -0.993. The maximum absolute atomic E-state index is 13.0. The number of amides is 3. The Bertz CT molecular complexity index is 1270. The van der Waals surface area contributed by atoms with Crippen molar-refractivity contribution in [3.63, 3.8) is 0 Å². The van der Waals surface area contributed by atoms with Gasteiger partial charge in [-0.1, -0.05) is 12.1 Å². The van der Waals surface area contributed by atoms with E-state index in [9.17, 15) is 19.2 Å². The molecule has 0 saturated carbocycles. The molecule has 38 heavy (non-hydrogen) atoms. The number of benzene rings is 2. The first kappa shape index (κ1) is 28.0. The number of rotatable bonds is 9. The Kier molecular flexibility index (Phi) is 9.31. The normalized spacial score (nSPS) is 16.7. The molecule has 11 heteroatoms. The number of halogens is 1. The fraction of sp³-hybridized carbons (Fsp3) is 0.333. The molecule has 200 valence electrons. The third-order valence-electron chi connectivity index (χ3n) is 6.09. The largest absolute Gasteiger partial charge is 0.490 e. The van der Waals surface area contributed by atoms with Crippen LogP contribution in [0.5, 0.6) is 11.5 Å². The summed E-state index contributed by atoms with van der Waals surface area (Å²) in [5.74, 6) is -0.684. The maximum Gasteiger partial charge on any atom is 0.335 e. The number of imide groups is 1. The van der Waals surface area contributed by atoms with Crippen LogP contribution in [0.15, 0.2) is 41.3 Å². The number of piperidine rings is 1. The van der Waals surface area contributed by atoms with Crippen LogP contribution in [0.25, 0.3) is 6.08 Å². The number of hydrogen-bond acceptors (Lipinski definition) is 7. The molecule has 2 aliphatic rings. The van der Waals surface area contributed by atoms with Gasteiger partial charge in [0.05, 0.1) is 20.6 Å². The standard InChI is InChI=1S/C27H27IN2O7S/c1-2-36-21-13-18(12-20(28)24(21)37-16-17-6-8-19(9-7-17)26(33)34)14-22-25(32)30(27(35)38-22)15-23(31)29-10-4-3-5-11-29/h6-9,12-14H,2-5,10-11,15-16H2,1H3,(H,33,34)/b22-14-. The molecule has 2 aliphatic heterocycles. The van der Waals surface area contributed by atoms with Crippen molar-refractivity contribution >= 4 is 63.5 Å². The highest BCUT2D eigenvalue weighted by Gasteiger charge is 2.37. The van der Waals surface area contributed by atoms with Crippen molar-refractivity contribution < 1.29 is 33.8 Å². The van der Waals surface area contributed by atoms with E-state index >= 15 is 0 Å². The monoisotopic (exact) mass is 650 g/mol. The first-order valence-electron chi connectivity index (χ1n) is 12.2. The van der Waals surface area contributed by atoms with Crippen LogP contribution in [0, 0.1) is 3.57 Å². The topological polar surface area (TPSA) is 113 Å². The van der Waals surface area contributed by atoms with Crippen molar-refractivity contribution in [2.45, 2.75) is 32.8 Å². The van der Waals surface area contributed by atoms with Gasteiger partial charge in [0, 0.05) is 13.1 Å². The maximum atomic E-state index is 13.0. The fourth-order valence-electron chi connectivity index (χ4n) is 4.14. The number of carboxylic acid groups (broad SMARTS) is 1. The molecule has 0 radical (unpaired) electrons. The molecule has 0 aliphatic carbocycles. The third-order valence-corrected chi connectivity index (χ3v) is 7.80. The summed E-state index contributed by atoms with van der Waals surface area (Å²) in [7, 11) is 0. The molecule has 2 saturated heterocycles. The average Bonchev–Trinajstić information content (AvgIpc) is 3.16. The van der Waals surface area contributed by atoms with Crippen LogP contribution in [-0.2, 0) is 16.2 Å². The molecule has 3 amide bonds. The van der Waals surface area contributed by atoms with E-state index in [-0.39, 0.29) is 29.5 Å². The minimum absolute atomic E-state index is 0.197. The molecule has 0 spiro atoms. The predicted octanol–water partition coefficient (Wildman–Crippen LogP) is 5.02. The van der Waals surface area contributed by atoms with Crippen molar-refractivity contribution in [3.05, 3.63) is 61.6 Å². The van der Waals surface area contributed by atoms with Crippen LogP contribution in [-0.4, -0.2) is 64.2 Å². The number of nitrogens with zero attached hydrogens (tertiary/aromatic N) is 2. The molecule has 0 unspecified atom stereocenters. The van der Waals surface area contributed by atoms with Crippen LogP contribution in [0.4, 0.5) is 4.79 Å². The van der Waals surface area contributed by atoms with E-state index in [4.69, 9.17) is 14.6 Å². The molecule has 1 N–H and O–H groups in total. The van der Waals surface area contributed by atoms with E-state index < -0.39 is 17.1 Å². The summed E-state index contributed by atoms with van der Waals surface area (Å²) in [6, 6.07) is 9.98. The summed E-state index contributed by atoms with van der Waals surface area (Å²) in [6.45, 7) is 3.51. The van der Waals surface area contributed by atoms with Crippen molar-refractivity contribution in [2.75, 3.05) is 26.2 Å². The Morgan fingerprint density at radius 2 is 1.79 bits per heavy atom. The third kappa shape index (κ3) is 6.68. The first-order valence-corrected chi connectivity index (χ1v) is 14.1. The zero-order chi connectivity index (χ0) is 27.2. The Hall–Kier alpha value is -3.06. The summed E-state index contributed by atoms with van der Waals surface area (Å²) < 4.78 is 12.5. The highest BCUT2D eigenvalue weighted by molar-refractivity contribution is 14.1. The molecular weight excluding hydrogens is 623 g/mol. The number of carboxylic acids is 1. The quantitative estimate of drug-likeness (QED) is 0.298. The minimum Gasteiger partial charge on any atom is -0.490 e. The highest BCUT2D eigenvalue weighted by atomic mass is 127. The van der Waals surface area contributed by atoms with Gasteiger partial charge in [-0.15, -0.1) is 0 Å². The molecule has 2 fully saturated rings. The lowest BCUT2D eigenvalue weighted by atomic mass is 10.1. The molecular formula is C27H27IN2O7S. The van der Waals surface area contributed by atoms with E-state index in [1.54, 1.807) is 29.2 Å². The van der Waals surface area contributed by atoms with Gasteiger partial charge in [0.25, 0.3) is 11.1 Å². The SMILES string of the molecule is CCOc1cc(/C=C2\SC(=O)N(CC(=O)N3CCCCC3)C2=O)cc(I)c1OCc1ccc(C(=O)O)cc1. The molecule has 0 atom stereocenters. The lowest BCUT2D eigenvalue weighted by Gasteiger charge is -2.27. The summed E-state index contributed by atoms with van der Waals surface area (Å²) in [4.78, 5) is 52.2. The Balaban J connectivity index is 1.49. The molecule has 0 bridgehead atoms. The van der Waals surface area contributed by atoms with Crippen molar-refractivity contribution in [1.29, 1.82) is 0 Å². The van der Waals surface area contributed by atoms with Gasteiger partial charge >= 0.3 is 5.97 Å². The van der Waals surface area contributed by atoms with Crippen molar-refractivity contribution in [1.82, 2.24) is 9.80 Å². The number of ether oxygens (including phenoxy) is 2. The van der Waals surface area contributed by atoms with Gasteiger partial charge in [-0.3, -0.25) is 19.3 Å². The van der Waals surface area contributed by atoms with Crippen LogP contribution in [0.3, 0.4) is 0 Å². The van der Waals surface area contributed by atoms with Crippen LogP contribution in [0.2, 0.25) is 0 Å². The Morgan fingerprint density at radius 3 is 2.45 bits per heavy atom. The second kappa shape index (κ2) is 12.7. The predicted molar refractivity (Wildman–Crippen MR) is 151 cm³/mol. The van der Waals surface area contributed by atoms with Gasteiger partial charge < -0.3 is 19.5 Å². The molecule has 2 aromatic carbocycles. The lowest BCUT2D eigenvalue weighted by Crippen LogP contribution is -2.44. The second-order valence-corrected chi connectivity index (χ2v) is 10.9. The summed E-state index contributed by atoms with van der Waals surface area (Å²) in [5.41, 5.74) is 1.65. The zero-order valence-electron chi connectivity index (χ0n) is 20.8. The van der Waals surface area contributed by atoms with Gasteiger partial charge in [0.15, 0.2) is 11.5 Å². The zero-order valence-corrected chi connectivity index (χ0v) is 23.7. The first-order chi connectivity index (χ1) is 18.3. The summed E-state index contributed by atoms with van der Waals surface area (Å²) in [6.07, 6.45) is 4.58. The summed E-state index contributed by atoms with van der Waals surface area (Å²) in [5, 5.41) is 8.61. The van der Waals surface area contributed by atoms with E-state index in [1.165, 1.54) is 12.1 Å². The van der Waals surface area contributed by atoms with Gasteiger partial charge in [0.1, 0.15) is 13.2 Å². The average molecular weight is 650 g/mol. The fourth-order valence-corrected chi connectivity index (χ4v) is 5.76. The number of likely N-dealkylation sites (tertiary alicyclic amines) is 1. The molecule has 2 aromatic rings. The molecule has 4 rings (SSSR count). The van der Waals surface area contributed by atoms with Gasteiger partial charge in [0.2, 0.25) is 5.91 Å². The number of aromatic carboxylic acids is 1. The van der Waals surface area contributed by atoms with Crippen LogP contribution in [0.1, 0.15) is 47.7 Å². The highest BCUT2D eigenvalue weighted by Crippen LogP contribution is 2.38. The van der Waals surface area contributed by atoms with Gasteiger partial charge in [-0.2, -0.15) is 0 Å². The van der Waals surface area contributed by atoms with Crippen LogP contribution < -0.4 is 9.47 Å². The number of hydrogen-bond donors (Lipinski definition) is 1. The second-order valence-electron chi connectivity index (χ2n) is 8.76. The summed E-state index contributed by atoms with van der Waals surface area (Å²) >= 11 is 2.93. The molecule has 9 nitrogen and oxygen atoms in total. The molecule has 2 heterocycles. The van der Waals surface area contributed by atoms with Crippen LogP contribution >= 0.6 is 34.4 Å². The lowest BCUT2D eigenvalue weighted by molar-refractivity contribution is -0.136. The van der Waals surface area contributed by atoms with E-state index in [0.29, 0.717) is 36.8 Å². The Morgan fingerprint density at radius 1 is 1.08 bits per heavy atom.